The minimum absolute atomic E-state index is 0.0411. The number of halogens is 1. The van der Waals surface area contributed by atoms with Gasteiger partial charge in [-0.2, -0.15) is 0 Å². The van der Waals surface area contributed by atoms with Gasteiger partial charge in [-0.1, -0.05) is 6.82 Å². The van der Waals surface area contributed by atoms with Crippen molar-refractivity contribution < 1.29 is 28.2 Å². The van der Waals surface area contributed by atoms with E-state index in [2.05, 4.69) is 4.74 Å². The summed E-state index contributed by atoms with van der Waals surface area (Å²) in [4.78, 5) is 25.7. The third kappa shape index (κ3) is 5.87. The molecule has 1 fully saturated rings. The Morgan fingerprint density at radius 3 is 2.48 bits per heavy atom. The summed E-state index contributed by atoms with van der Waals surface area (Å²) in [6.45, 7) is 7.98. The Labute approximate surface area is 160 Å². The second-order valence-corrected chi connectivity index (χ2v) is 7.79. The van der Waals surface area contributed by atoms with Gasteiger partial charge in [0.05, 0.1) is 13.7 Å². The molecule has 27 heavy (non-hydrogen) atoms. The Morgan fingerprint density at radius 1 is 1.30 bits per heavy atom. The third-order valence-electron chi connectivity index (χ3n) is 4.28. The van der Waals surface area contributed by atoms with Crippen molar-refractivity contribution >= 4 is 19.5 Å². The third-order valence-corrected chi connectivity index (χ3v) is 4.28. The Balaban J connectivity index is 2.03. The summed E-state index contributed by atoms with van der Waals surface area (Å²) in [7, 11) is 2.92. The molecule has 0 saturated heterocycles. The van der Waals surface area contributed by atoms with Crippen LogP contribution < -0.4 is 4.74 Å². The van der Waals surface area contributed by atoms with E-state index in [1.54, 1.807) is 14.2 Å². The second-order valence-electron chi connectivity index (χ2n) is 7.79. The average Bonchev–Trinajstić information content (AvgIpc) is 3.36. The highest BCUT2D eigenvalue weighted by atomic mass is 19.1. The van der Waals surface area contributed by atoms with Crippen LogP contribution in [0.4, 0.5) is 9.18 Å². The monoisotopic (exact) mass is 378 g/mol. The van der Waals surface area contributed by atoms with Gasteiger partial charge in [0.15, 0.2) is 0 Å². The lowest BCUT2D eigenvalue weighted by Crippen LogP contribution is -2.42. The number of carbonyl (C=O) groups is 2. The number of benzene rings is 1. The normalized spacial score (nSPS) is 14.9. The van der Waals surface area contributed by atoms with Crippen LogP contribution >= 0.6 is 0 Å². The van der Waals surface area contributed by atoms with Gasteiger partial charge in [-0.3, -0.25) is 0 Å². The summed E-state index contributed by atoms with van der Waals surface area (Å²) in [6.07, 6.45) is 1.36. The molecule has 1 amide bonds. The van der Waals surface area contributed by atoms with Crippen molar-refractivity contribution in [3.8, 4) is 5.75 Å². The molecule has 8 heteroatoms. The average molecular weight is 378 g/mol. The van der Waals surface area contributed by atoms with E-state index < -0.39 is 23.5 Å². The standard InChI is InChI=1S/C19H26BFNO5/c1-18(2,3)27-17(24)22(20-4)11-19(8-9-19)12-26-15-7-6-13(21)10-14(15)16(23)25-5/h6-7,10H,8-9,11-12H2,1-5H3. The van der Waals surface area contributed by atoms with E-state index in [-0.39, 0.29) is 16.7 Å². The van der Waals surface area contributed by atoms with Gasteiger partial charge >= 0.3 is 12.1 Å². The lowest BCUT2D eigenvalue weighted by atomic mass is 9.93. The fraction of sp³-hybridized carbons (Fsp3) is 0.579. The highest BCUT2D eigenvalue weighted by Gasteiger charge is 2.46. The first-order valence-electron chi connectivity index (χ1n) is 8.89. The molecule has 1 aromatic rings. The molecule has 6 nitrogen and oxygen atoms in total. The maximum Gasteiger partial charge on any atom is 0.397 e. The van der Waals surface area contributed by atoms with Crippen LogP contribution in [-0.2, 0) is 9.47 Å². The van der Waals surface area contributed by atoms with Crippen LogP contribution in [0.1, 0.15) is 44.0 Å². The minimum Gasteiger partial charge on any atom is -0.492 e. The molecule has 0 unspecified atom stereocenters. The molecular weight excluding hydrogens is 352 g/mol. The smallest absolute Gasteiger partial charge is 0.397 e. The number of amides is 1. The molecule has 0 aliphatic heterocycles. The first kappa shape index (κ1) is 21.1. The van der Waals surface area contributed by atoms with Gasteiger partial charge in [0.25, 0.3) is 7.41 Å². The molecule has 2 rings (SSSR count). The van der Waals surface area contributed by atoms with Crippen LogP contribution in [0.15, 0.2) is 18.2 Å². The Hall–Kier alpha value is -2.25. The number of methoxy groups -OCH3 is 1. The highest BCUT2D eigenvalue weighted by molar-refractivity contribution is 6.34. The van der Waals surface area contributed by atoms with E-state index in [4.69, 9.17) is 9.47 Å². The number of hydrogen-bond acceptors (Lipinski definition) is 5. The molecule has 1 aromatic carbocycles. The van der Waals surface area contributed by atoms with Crippen molar-refractivity contribution in [3.63, 3.8) is 0 Å². The summed E-state index contributed by atoms with van der Waals surface area (Å²) < 4.78 is 29.4. The first-order chi connectivity index (χ1) is 12.6. The zero-order valence-corrected chi connectivity index (χ0v) is 16.5. The van der Waals surface area contributed by atoms with Gasteiger partial charge in [0, 0.05) is 12.0 Å². The van der Waals surface area contributed by atoms with Crippen molar-refractivity contribution in [1.82, 2.24) is 4.81 Å². The van der Waals surface area contributed by atoms with E-state index in [1.165, 1.54) is 24.1 Å². The van der Waals surface area contributed by atoms with Crippen molar-refractivity contribution in [2.24, 2.45) is 5.41 Å². The summed E-state index contributed by atoms with van der Waals surface area (Å²) >= 11 is 0. The van der Waals surface area contributed by atoms with Gasteiger partial charge in [-0.05, 0) is 51.8 Å². The topological polar surface area (TPSA) is 65.1 Å². The van der Waals surface area contributed by atoms with Crippen LogP contribution in [-0.4, -0.2) is 50.2 Å². The van der Waals surface area contributed by atoms with Gasteiger partial charge < -0.3 is 19.0 Å². The molecule has 147 valence electrons. The SMILES string of the molecule is C[B]N(CC1(COc2ccc(F)cc2C(=O)OC)CC1)C(=O)OC(C)(C)C. The molecular formula is C19H26BFNO5. The molecule has 1 radical (unpaired) electrons. The molecule has 0 spiro atoms. The predicted molar refractivity (Wildman–Crippen MR) is 99.5 cm³/mol. The largest absolute Gasteiger partial charge is 0.492 e. The van der Waals surface area contributed by atoms with E-state index in [9.17, 15) is 14.0 Å². The van der Waals surface area contributed by atoms with Crippen molar-refractivity contribution in [3.05, 3.63) is 29.6 Å². The molecule has 0 aromatic heterocycles. The Morgan fingerprint density at radius 2 is 1.96 bits per heavy atom. The zero-order valence-electron chi connectivity index (χ0n) is 16.5. The van der Waals surface area contributed by atoms with Gasteiger partial charge in [0.1, 0.15) is 22.7 Å². The predicted octanol–water partition coefficient (Wildman–Crippen LogP) is 3.68. The van der Waals surface area contributed by atoms with Crippen molar-refractivity contribution in [2.45, 2.75) is 46.0 Å². The number of carbonyl (C=O) groups excluding carboxylic acids is 2. The fourth-order valence-corrected chi connectivity index (χ4v) is 2.60. The van der Waals surface area contributed by atoms with Gasteiger partial charge in [-0.15, -0.1) is 0 Å². The van der Waals surface area contributed by atoms with Crippen LogP contribution in [0.2, 0.25) is 6.82 Å². The molecule has 1 aliphatic rings. The maximum absolute atomic E-state index is 13.4. The van der Waals surface area contributed by atoms with E-state index in [0.29, 0.717) is 13.2 Å². The number of ether oxygens (including phenoxy) is 3. The Kier molecular flexibility index (Phi) is 6.39. The van der Waals surface area contributed by atoms with Crippen molar-refractivity contribution in [1.29, 1.82) is 0 Å². The van der Waals surface area contributed by atoms with Crippen LogP contribution in [0.25, 0.3) is 0 Å². The molecule has 1 aliphatic carbocycles. The summed E-state index contributed by atoms with van der Waals surface area (Å²) in [5.41, 5.74) is -0.750. The number of rotatable bonds is 7. The van der Waals surface area contributed by atoms with Gasteiger partial charge in [0.2, 0.25) is 0 Å². The molecule has 0 atom stereocenters. The lowest BCUT2D eigenvalue weighted by Gasteiger charge is -2.29. The van der Waals surface area contributed by atoms with Crippen LogP contribution in [0, 0.1) is 11.2 Å². The van der Waals surface area contributed by atoms with Crippen LogP contribution in [0.3, 0.4) is 0 Å². The zero-order chi connectivity index (χ0) is 20.2. The van der Waals surface area contributed by atoms with Crippen LogP contribution in [0.5, 0.6) is 5.75 Å². The van der Waals surface area contributed by atoms with Crippen molar-refractivity contribution in [2.75, 3.05) is 20.3 Å². The molecule has 0 N–H and O–H groups in total. The highest BCUT2D eigenvalue weighted by Crippen LogP contribution is 2.46. The summed E-state index contributed by atoms with van der Waals surface area (Å²) in [5, 5.41) is 0. The van der Waals surface area contributed by atoms with Gasteiger partial charge in [-0.25, -0.2) is 14.0 Å². The first-order valence-corrected chi connectivity index (χ1v) is 8.89. The van der Waals surface area contributed by atoms with E-state index in [1.807, 2.05) is 20.8 Å². The summed E-state index contributed by atoms with van der Waals surface area (Å²) in [5.74, 6) is -0.939. The summed E-state index contributed by atoms with van der Waals surface area (Å²) in [6, 6.07) is 3.73. The van der Waals surface area contributed by atoms with E-state index in [0.717, 1.165) is 18.9 Å². The lowest BCUT2D eigenvalue weighted by molar-refractivity contribution is 0.0348. The second kappa shape index (κ2) is 8.19. The molecule has 0 bridgehead atoms. The molecule has 0 heterocycles. The minimum atomic E-state index is -0.661. The Bertz CT molecular complexity index is 700. The number of esters is 1. The number of hydrogen-bond donors (Lipinski definition) is 0. The molecule has 1 saturated carbocycles. The number of nitrogens with zero attached hydrogens (tertiary/aromatic N) is 1. The van der Waals surface area contributed by atoms with E-state index >= 15 is 0 Å². The maximum atomic E-state index is 13.4. The fourth-order valence-electron chi connectivity index (χ4n) is 2.60. The quantitative estimate of drug-likeness (QED) is 0.535.